The molecular formula is C12H22N2O2. The van der Waals surface area contributed by atoms with Crippen molar-refractivity contribution >= 4 is 0 Å². The van der Waals surface area contributed by atoms with Gasteiger partial charge in [0.1, 0.15) is 5.76 Å². The Labute approximate surface area is 97.1 Å². The number of hydrogen-bond donors (Lipinski definition) is 2. The number of methoxy groups -OCH3 is 1. The van der Waals surface area contributed by atoms with E-state index in [2.05, 4.69) is 12.2 Å². The van der Waals surface area contributed by atoms with Crippen molar-refractivity contribution < 1.29 is 9.15 Å². The molecule has 0 spiro atoms. The van der Waals surface area contributed by atoms with E-state index in [1.54, 1.807) is 13.4 Å². The van der Waals surface area contributed by atoms with E-state index in [0.717, 1.165) is 31.8 Å². The van der Waals surface area contributed by atoms with E-state index >= 15 is 0 Å². The lowest BCUT2D eigenvalue weighted by molar-refractivity contribution is 0.187. The Morgan fingerprint density at radius 1 is 1.56 bits per heavy atom. The van der Waals surface area contributed by atoms with Gasteiger partial charge in [-0.3, -0.25) is 0 Å². The molecule has 0 radical (unpaired) electrons. The van der Waals surface area contributed by atoms with Crippen LogP contribution >= 0.6 is 0 Å². The minimum Gasteiger partial charge on any atom is -0.469 e. The molecule has 0 aliphatic carbocycles. The number of nitrogens with two attached hydrogens (primary N) is 1. The zero-order valence-electron chi connectivity index (χ0n) is 10.1. The molecule has 0 bridgehead atoms. The van der Waals surface area contributed by atoms with Gasteiger partial charge in [-0.2, -0.15) is 0 Å². The summed E-state index contributed by atoms with van der Waals surface area (Å²) in [7, 11) is 1.69. The Hall–Kier alpha value is -0.840. The van der Waals surface area contributed by atoms with Crippen LogP contribution in [0.25, 0.3) is 0 Å². The third kappa shape index (κ3) is 5.30. The van der Waals surface area contributed by atoms with Gasteiger partial charge >= 0.3 is 0 Å². The van der Waals surface area contributed by atoms with E-state index in [1.165, 1.54) is 0 Å². The summed E-state index contributed by atoms with van der Waals surface area (Å²) in [6.07, 6.45) is 3.48. The first-order chi connectivity index (χ1) is 7.72. The van der Waals surface area contributed by atoms with Gasteiger partial charge in [0, 0.05) is 38.8 Å². The number of furan rings is 1. The maximum absolute atomic E-state index is 5.92. The van der Waals surface area contributed by atoms with Crippen molar-refractivity contribution in [3.05, 3.63) is 24.2 Å². The van der Waals surface area contributed by atoms with Crippen molar-refractivity contribution in [1.29, 1.82) is 0 Å². The van der Waals surface area contributed by atoms with E-state index < -0.39 is 0 Å². The van der Waals surface area contributed by atoms with Crippen LogP contribution in [0.5, 0.6) is 0 Å². The highest BCUT2D eigenvalue weighted by molar-refractivity contribution is 4.99. The minimum absolute atomic E-state index is 0.152. The summed E-state index contributed by atoms with van der Waals surface area (Å²) in [4.78, 5) is 0. The Bertz CT molecular complexity index is 262. The fraction of sp³-hybridized carbons (Fsp3) is 0.667. The fourth-order valence-corrected chi connectivity index (χ4v) is 1.53. The molecule has 0 amide bonds. The average molecular weight is 226 g/mol. The monoisotopic (exact) mass is 226 g/mol. The maximum atomic E-state index is 5.92. The summed E-state index contributed by atoms with van der Waals surface area (Å²) in [5.41, 5.74) is 5.92. The lowest BCUT2D eigenvalue weighted by Gasteiger charge is -2.16. The normalized spacial score (nSPS) is 14.9. The van der Waals surface area contributed by atoms with E-state index in [0.29, 0.717) is 6.04 Å². The number of nitrogens with one attached hydrogen (secondary N) is 1. The van der Waals surface area contributed by atoms with Gasteiger partial charge in [-0.15, -0.1) is 0 Å². The molecule has 1 rings (SSSR count). The van der Waals surface area contributed by atoms with Crippen molar-refractivity contribution in [3.8, 4) is 0 Å². The summed E-state index contributed by atoms with van der Waals surface area (Å²) >= 11 is 0. The summed E-state index contributed by atoms with van der Waals surface area (Å²) < 4.78 is 10.3. The SMILES string of the molecule is COCCC(N)CNC(C)Cc1ccco1. The molecule has 92 valence electrons. The van der Waals surface area contributed by atoms with Gasteiger partial charge in [0.15, 0.2) is 0 Å². The van der Waals surface area contributed by atoms with Crippen molar-refractivity contribution in [2.45, 2.75) is 31.8 Å². The number of rotatable bonds is 8. The Morgan fingerprint density at radius 2 is 2.38 bits per heavy atom. The summed E-state index contributed by atoms with van der Waals surface area (Å²) in [6, 6.07) is 4.42. The van der Waals surface area contributed by atoms with Crippen LogP contribution in [-0.2, 0) is 11.2 Å². The first-order valence-corrected chi connectivity index (χ1v) is 5.72. The van der Waals surface area contributed by atoms with Crippen LogP contribution in [0.3, 0.4) is 0 Å². The van der Waals surface area contributed by atoms with Crippen LogP contribution < -0.4 is 11.1 Å². The fourth-order valence-electron chi connectivity index (χ4n) is 1.53. The first-order valence-electron chi connectivity index (χ1n) is 5.72. The summed E-state index contributed by atoms with van der Waals surface area (Å²) in [6.45, 7) is 3.66. The van der Waals surface area contributed by atoms with Gasteiger partial charge in [-0.25, -0.2) is 0 Å². The highest BCUT2D eigenvalue weighted by Gasteiger charge is 2.07. The van der Waals surface area contributed by atoms with Gasteiger partial charge in [-0.05, 0) is 25.5 Å². The molecule has 0 saturated carbocycles. The largest absolute Gasteiger partial charge is 0.469 e. The summed E-state index contributed by atoms with van der Waals surface area (Å²) in [5.74, 6) is 1.01. The second-order valence-electron chi connectivity index (χ2n) is 4.13. The Balaban J connectivity index is 2.12. The van der Waals surface area contributed by atoms with Crippen LogP contribution in [0.2, 0.25) is 0 Å². The molecule has 0 aliphatic rings. The van der Waals surface area contributed by atoms with Crippen LogP contribution in [-0.4, -0.2) is 32.3 Å². The second-order valence-corrected chi connectivity index (χ2v) is 4.13. The van der Waals surface area contributed by atoms with Crippen molar-refractivity contribution in [2.24, 2.45) is 5.73 Å². The van der Waals surface area contributed by atoms with Crippen LogP contribution in [0.4, 0.5) is 0 Å². The number of ether oxygens (including phenoxy) is 1. The molecule has 0 fully saturated rings. The highest BCUT2D eigenvalue weighted by Crippen LogP contribution is 2.03. The van der Waals surface area contributed by atoms with Gasteiger partial charge in [0.2, 0.25) is 0 Å². The van der Waals surface area contributed by atoms with Crippen LogP contribution in [0.1, 0.15) is 19.1 Å². The van der Waals surface area contributed by atoms with Gasteiger partial charge in [0.05, 0.1) is 6.26 Å². The van der Waals surface area contributed by atoms with Crippen LogP contribution in [0, 0.1) is 0 Å². The van der Waals surface area contributed by atoms with Crippen molar-refractivity contribution in [2.75, 3.05) is 20.3 Å². The quantitative estimate of drug-likeness (QED) is 0.698. The Morgan fingerprint density at radius 3 is 3.00 bits per heavy atom. The zero-order valence-corrected chi connectivity index (χ0v) is 10.1. The predicted molar refractivity (Wildman–Crippen MR) is 64.3 cm³/mol. The average Bonchev–Trinajstić information content (AvgIpc) is 2.76. The first kappa shape index (κ1) is 13.2. The molecular weight excluding hydrogens is 204 g/mol. The van der Waals surface area contributed by atoms with Gasteiger partial charge in [-0.1, -0.05) is 0 Å². The molecule has 4 heteroatoms. The topological polar surface area (TPSA) is 60.4 Å². The molecule has 0 aliphatic heterocycles. The molecule has 1 aromatic rings. The summed E-state index contributed by atoms with van der Waals surface area (Å²) in [5, 5.41) is 3.39. The molecule has 2 atom stereocenters. The molecule has 4 nitrogen and oxygen atoms in total. The molecule has 0 saturated heterocycles. The van der Waals surface area contributed by atoms with E-state index in [1.807, 2.05) is 12.1 Å². The standard InChI is InChI=1S/C12H22N2O2/c1-10(8-12-4-3-6-16-12)14-9-11(13)5-7-15-2/h3-4,6,10-11,14H,5,7-9,13H2,1-2H3. The molecule has 0 aromatic carbocycles. The molecule has 1 heterocycles. The van der Waals surface area contributed by atoms with Crippen molar-refractivity contribution in [3.63, 3.8) is 0 Å². The molecule has 2 unspecified atom stereocenters. The molecule has 16 heavy (non-hydrogen) atoms. The number of hydrogen-bond acceptors (Lipinski definition) is 4. The molecule has 3 N–H and O–H groups in total. The maximum Gasteiger partial charge on any atom is 0.105 e. The van der Waals surface area contributed by atoms with Crippen LogP contribution in [0.15, 0.2) is 22.8 Å². The van der Waals surface area contributed by atoms with Gasteiger partial charge < -0.3 is 20.2 Å². The predicted octanol–water partition coefficient (Wildman–Crippen LogP) is 1.16. The Kier molecular flexibility index (Phi) is 6.15. The van der Waals surface area contributed by atoms with E-state index in [-0.39, 0.29) is 6.04 Å². The van der Waals surface area contributed by atoms with E-state index in [9.17, 15) is 0 Å². The highest BCUT2D eigenvalue weighted by atomic mass is 16.5. The third-order valence-electron chi connectivity index (χ3n) is 2.51. The smallest absolute Gasteiger partial charge is 0.105 e. The lowest BCUT2D eigenvalue weighted by atomic mass is 10.1. The molecule has 1 aromatic heterocycles. The van der Waals surface area contributed by atoms with E-state index in [4.69, 9.17) is 14.9 Å². The lowest BCUT2D eigenvalue weighted by Crippen LogP contribution is -2.39. The second kappa shape index (κ2) is 7.44. The minimum atomic E-state index is 0.152. The third-order valence-corrected chi connectivity index (χ3v) is 2.51. The van der Waals surface area contributed by atoms with Crippen molar-refractivity contribution in [1.82, 2.24) is 5.32 Å². The zero-order chi connectivity index (χ0) is 11.8. The van der Waals surface area contributed by atoms with Gasteiger partial charge in [0.25, 0.3) is 0 Å².